The molecule has 2 aromatic heterocycles. The Labute approximate surface area is 136 Å². The molecule has 0 saturated heterocycles. The molecule has 0 unspecified atom stereocenters. The number of nitrogens with one attached hydrogen (secondary N) is 2. The Balaban J connectivity index is 0.000000231. The van der Waals surface area contributed by atoms with E-state index in [1.165, 1.54) is 19.9 Å². The van der Waals surface area contributed by atoms with E-state index in [0.29, 0.717) is 11.1 Å². The monoisotopic (exact) mass is 386 g/mol. The van der Waals surface area contributed by atoms with Crippen LogP contribution in [0.5, 0.6) is 0 Å². The van der Waals surface area contributed by atoms with Crippen LogP contribution in [0.2, 0.25) is 0 Å². The summed E-state index contributed by atoms with van der Waals surface area (Å²) < 4.78 is 0.205. The van der Waals surface area contributed by atoms with E-state index in [0.717, 1.165) is 12.4 Å². The molecule has 0 aliphatic heterocycles. The Hall–Kier alpha value is -2.82. The first-order valence-corrected chi connectivity index (χ1v) is 6.80. The van der Waals surface area contributed by atoms with Crippen molar-refractivity contribution in [2.24, 2.45) is 0 Å². The minimum absolute atomic E-state index is 0.0652. The summed E-state index contributed by atoms with van der Waals surface area (Å²) in [6.07, 6.45) is 2.18. The topological polar surface area (TPSA) is 152 Å². The number of hydrogen-bond acceptors (Lipinski definition) is 6. The molecule has 0 spiro atoms. The Bertz CT molecular complexity index is 873. The summed E-state index contributed by atoms with van der Waals surface area (Å²) >= 11 is 2.95. The summed E-state index contributed by atoms with van der Waals surface area (Å²) in [7, 11) is 0. The van der Waals surface area contributed by atoms with Crippen molar-refractivity contribution in [1.82, 2.24) is 9.97 Å². The van der Waals surface area contributed by atoms with Gasteiger partial charge in [0, 0.05) is 17.2 Å². The Morgan fingerprint density at radius 1 is 1.00 bits per heavy atom. The number of aromatic amines is 2. The maximum absolute atomic E-state index is 10.9. The highest BCUT2D eigenvalue weighted by atomic mass is 79.9. The normalized spacial score (nSPS) is 9.70. The predicted molar refractivity (Wildman–Crippen MR) is 84.6 cm³/mol. The van der Waals surface area contributed by atoms with Gasteiger partial charge in [0.1, 0.15) is 0 Å². The number of halogens is 1. The number of hydrogen-bond donors (Lipinski definition) is 2. The van der Waals surface area contributed by atoms with Crippen LogP contribution in [0.15, 0.2) is 32.5 Å². The first kappa shape index (κ1) is 18.2. The molecule has 0 bridgehead atoms. The molecule has 0 saturated carbocycles. The fourth-order valence-electron chi connectivity index (χ4n) is 1.54. The van der Waals surface area contributed by atoms with Crippen LogP contribution < -0.4 is 11.1 Å². The fraction of sp³-hybridized carbons (Fsp3) is 0.167. The van der Waals surface area contributed by atoms with Crippen molar-refractivity contribution >= 4 is 27.3 Å². The van der Waals surface area contributed by atoms with Gasteiger partial charge in [0.05, 0.1) is 26.7 Å². The number of aromatic nitrogens is 2. The van der Waals surface area contributed by atoms with E-state index in [4.69, 9.17) is 0 Å². The molecule has 10 nitrogen and oxygen atoms in total. The van der Waals surface area contributed by atoms with Crippen LogP contribution in [0.1, 0.15) is 11.1 Å². The average Bonchev–Trinajstić information content (AvgIpc) is 2.44. The zero-order valence-corrected chi connectivity index (χ0v) is 13.5. The molecule has 0 atom stereocenters. The van der Waals surface area contributed by atoms with Crippen molar-refractivity contribution in [1.29, 1.82) is 0 Å². The lowest BCUT2D eigenvalue weighted by molar-refractivity contribution is -0.385. The van der Waals surface area contributed by atoms with Crippen molar-refractivity contribution in [2.45, 2.75) is 13.8 Å². The molecular formula is C12H11BrN4O6. The molecule has 0 aliphatic carbocycles. The van der Waals surface area contributed by atoms with E-state index < -0.39 is 9.85 Å². The molecule has 0 aromatic carbocycles. The van der Waals surface area contributed by atoms with Gasteiger partial charge in [-0.2, -0.15) is 0 Å². The van der Waals surface area contributed by atoms with Crippen LogP contribution in [0.25, 0.3) is 0 Å². The van der Waals surface area contributed by atoms with Gasteiger partial charge in [0.25, 0.3) is 16.9 Å². The van der Waals surface area contributed by atoms with Gasteiger partial charge in [-0.15, -0.1) is 0 Å². The van der Waals surface area contributed by atoms with Crippen LogP contribution in [-0.4, -0.2) is 19.8 Å². The predicted octanol–water partition coefficient (Wildman–Crippen LogP) is 1.95. The lowest BCUT2D eigenvalue weighted by Gasteiger charge is -1.96. The summed E-state index contributed by atoms with van der Waals surface area (Å²) in [6, 6.07) is 1.19. The smallest absolute Gasteiger partial charge is 0.289 e. The SMILES string of the molecule is Cc1c([N+](=O)[O-])c[nH]c(=O)c1Br.Cc1cc(=O)[nH]cc1[N+](=O)[O-]. The van der Waals surface area contributed by atoms with Gasteiger partial charge < -0.3 is 9.97 Å². The number of aryl methyl sites for hydroxylation is 1. The lowest BCUT2D eigenvalue weighted by Crippen LogP contribution is -2.09. The van der Waals surface area contributed by atoms with E-state index in [2.05, 4.69) is 25.9 Å². The van der Waals surface area contributed by atoms with Crippen molar-refractivity contribution < 1.29 is 9.85 Å². The summed E-state index contributed by atoms with van der Waals surface area (Å²) in [5, 5.41) is 20.6. The number of pyridine rings is 2. The molecule has 2 aromatic rings. The molecule has 23 heavy (non-hydrogen) atoms. The molecule has 0 fully saturated rings. The third-order valence-electron chi connectivity index (χ3n) is 2.75. The quantitative estimate of drug-likeness (QED) is 0.593. The molecule has 2 heterocycles. The summed E-state index contributed by atoms with van der Waals surface area (Å²) in [6.45, 7) is 3.03. The molecule has 0 amide bonds. The van der Waals surface area contributed by atoms with Gasteiger partial charge in [-0.25, -0.2) is 0 Å². The molecule has 2 rings (SSSR count). The molecule has 0 aliphatic rings. The van der Waals surface area contributed by atoms with Crippen LogP contribution in [-0.2, 0) is 0 Å². The molecule has 2 N–H and O–H groups in total. The van der Waals surface area contributed by atoms with Gasteiger partial charge in [-0.1, -0.05) is 0 Å². The van der Waals surface area contributed by atoms with Crippen molar-refractivity contribution in [3.63, 3.8) is 0 Å². The number of H-pyrrole nitrogens is 2. The van der Waals surface area contributed by atoms with Gasteiger partial charge in [-0.05, 0) is 29.8 Å². The molecule has 0 radical (unpaired) electrons. The van der Waals surface area contributed by atoms with Crippen LogP contribution in [0, 0.1) is 34.1 Å². The van der Waals surface area contributed by atoms with Gasteiger partial charge >= 0.3 is 0 Å². The van der Waals surface area contributed by atoms with E-state index in [1.807, 2.05) is 0 Å². The van der Waals surface area contributed by atoms with E-state index in [-0.39, 0.29) is 27.0 Å². The minimum atomic E-state index is -0.546. The zero-order valence-electron chi connectivity index (χ0n) is 12.0. The second kappa shape index (κ2) is 7.45. The first-order valence-electron chi connectivity index (χ1n) is 6.01. The van der Waals surface area contributed by atoms with E-state index in [9.17, 15) is 29.8 Å². The highest BCUT2D eigenvalue weighted by Gasteiger charge is 2.14. The third-order valence-corrected chi connectivity index (χ3v) is 3.70. The fourth-order valence-corrected chi connectivity index (χ4v) is 1.86. The lowest BCUT2D eigenvalue weighted by atomic mass is 10.2. The maximum Gasteiger partial charge on any atom is 0.289 e. The van der Waals surface area contributed by atoms with E-state index >= 15 is 0 Å². The van der Waals surface area contributed by atoms with Crippen molar-refractivity contribution in [3.05, 3.63) is 75.0 Å². The number of nitro groups is 2. The Morgan fingerprint density at radius 3 is 2.00 bits per heavy atom. The van der Waals surface area contributed by atoms with Crippen LogP contribution >= 0.6 is 15.9 Å². The highest BCUT2D eigenvalue weighted by Crippen LogP contribution is 2.20. The highest BCUT2D eigenvalue weighted by molar-refractivity contribution is 9.10. The minimum Gasteiger partial charge on any atom is -0.323 e. The summed E-state index contributed by atoms with van der Waals surface area (Å²) in [5.74, 6) is 0. The van der Waals surface area contributed by atoms with Crippen LogP contribution in [0.3, 0.4) is 0 Å². The third kappa shape index (κ3) is 4.57. The summed E-state index contributed by atoms with van der Waals surface area (Å²) in [4.78, 5) is 45.4. The molecule has 122 valence electrons. The first-order chi connectivity index (χ1) is 10.6. The van der Waals surface area contributed by atoms with E-state index in [1.54, 1.807) is 0 Å². The van der Waals surface area contributed by atoms with Crippen molar-refractivity contribution in [2.75, 3.05) is 0 Å². The van der Waals surface area contributed by atoms with Gasteiger partial charge in [0.15, 0.2) is 0 Å². The Morgan fingerprint density at radius 2 is 1.52 bits per heavy atom. The Kier molecular flexibility index (Phi) is 5.90. The zero-order chi connectivity index (χ0) is 17.7. The largest absolute Gasteiger partial charge is 0.323 e. The second-order valence-corrected chi connectivity index (χ2v) is 5.11. The molecular weight excluding hydrogens is 376 g/mol. The second-order valence-electron chi connectivity index (χ2n) is 4.32. The standard InChI is InChI=1S/C6H5BrN2O3.C6H6N2O3/c1-3-4(9(11)12)2-8-6(10)5(3)7;1-4-2-6(9)7-3-5(4)8(10)11/h2H,1H3,(H,8,10);2-3H,1H3,(H,7,9). The average molecular weight is 387 g/mol. The maximum atomic E-state index is 10.9. The van der Waals surface area contributed by atoms with Crippen LogP contribution in [0.4, 0.5) is 11.4 Å². The van der Waals surface area contributed by atoms with Crippen molar-refractivity contribution in [3.8, 4) is 0 Å². The van der Waals surface area contributed by atoms with Gasteiger partial charge in [-0.3, -0.25) is 29.8 Å². The number of rotatable bonds is 2. The summed E-state index contributed by atoms with van der Waals surface area (Å²) in [5.41, 5.74) is -0.139. The number of nitrogens with zero attached hydrogens (tertiary/aromatic N) is 2. The molecule has 11 heteroatoms. The van der Waals surface area contributed by atoms with Gasteiger partial charge in [0.2, 0.25) is 5.56 Å².